The van der Waals surface area contributed by atoms with Crippen molar-refractivity contribution in [1.29, 1.82) is 0 Å². The van der Waals surface area contributed by atoms with Crippen LogP contribution in [-0.4, -0.2) is 33.6 Å². The molecule has 0 saturated carbocycles. The molecule has 0 amide bonds. The van der Waals surface area contributed by atoms with Crippen LogP contribution in [0.5, 0.6) is 0 Å². The van der Waals surface area contributed by atoms with Gasteiger partial charge in [0.05, 0.1) is 17.1 Å². The van der Waals surface area contributed by atoms with Crippen LogP contribution in [0.25, 0.3) is 11.0 Å². The molecule has 2 saturated heterocycles. The number of benzene rings is 1. The molecule has 3 heterocycles. The Labute approximate surface area is 124 Å². The smallest absolute Gasteiger partial charge is 0.178 e. The normalized spacial score (nSPS) is 27.1. The summed E-state index contributed by atoms with van der Waals surface area (Å²) in [5.74, 6) is 0. The number of rotatable bonds is 1. The predicted octanol–water partition coefficient (Wildman–Crippen LogP) is 3.81. The van der Waals surface area contributed by atoms with Crippen molar-refractivity contribution >= 4 is 23.3 Å². The van der Waals surface area contributed by atoms with Gasteiger partial charge >= 0.3 is 0 Å². The largest absolute Gasteiger partial charge is 0.331 e. The van der Waals surface area contributed by atoms with Gasteiger partial charge in [0.25, 0.3) is 0 Å². The number of imidazole rings is 1. The van der Waals surface area contributed by atoms with E-state index >= 15 is 0 Å². The highest BCUT2D eigenvalue weighted by molar-refractivity contribution is 7.71. The molecule has 20 heavy (non-hydrogen) atoms. The number of piperidine rings is 1. The first-order valence-electron chi connectivity index (χ1n) is 7.69. The van der Waals surface area contributed by atoms with E-state index < -0.39 is 0 Å². The lowest BCUT2D eigenvalue weighted by Gasteiger charge is -2.33. The lowest BCUT2D eigenvalue weighted by atomic mass is 9.98. The van der Waals surface area contributed by atoms with Gasteiger partial charge in [-0.15, -0.1) is 0 Å². The molecule has 1 aromatic heterocycles. The van der Waals surface area contributed by atoms with Gasteiger partial charge in [-0.2, -0.15) is 0 Å². The van der Waals surface area contributed by atoms with Gasteiger partial charge in [-0.3, -0.25) is 4.90 Å². The van der Waals surface area contributed by atoms with Crippen molar-refractivity contribution in [2.24, 2.45) is 0 Å². The number of hydrogen-bond acceptors (Lipinski definition) is 2. The fourth-order valence-electron chi connectivity index (χ4n) is 4.19. The van der Waals surface area contributed by atoms with E-state index in [4.69, 9.17) is 12.2 Å². The van der Waals surface area contributed by atoms with E-state index in [0.717, 1.165) is 4.77 Å². The van der Waals surface area contributed by atoms with Crippen LogP contribution in [0.15, 0.2) is 18.2 Å². The monoisotopic (exact) mass is 287 g/mol. The summed E-state index contributed by atoms with van der Waals surface area (Å²) >= 11 is 5.63. The van der Waals surface area contributed by atoms with Gasteiger partial charge in [-0.1, -0.05) is 18.6 Å². The zero-order valence-corrected chi connectivity index (χ0v) is 12.7. The molecular formula is C16H21N3S. The molecule has 2 aromatic rings. The predicted molar refractivity (Wildman–Crippen MR) is 84.7 cm³/mol. The maximum Gasteiger partial charge on any atom is 0.178 e. The lowest BCUT2D eigenvalue weighted by Crippen LogP contribution is -2.37. The van der Waals surface area contributed by atoms with E-state index in [-0.39, 0.29) is 0 Å². The molecule has 2 fully saturated rings. The molecule has 106 valence electrons. The summed E-state index contributed by atoms with van der Waals surface area (Å²) in [4.78, 5) is 6.07. The third kappa shape index (κ3) is 1.78. The first-order chi connectivity index (χ1) is 9.75. The van der Waals surface area contributed by atoms with Crippen LogP contribution < -0.4 is 0 Å². The molecular weight excluding hydrogens is 266 g/mol. The van der Waals surface area contributed by atoms with E-state index in [0.29, 0.717) is 12.1 Å². The summed E-state index contributed by atoms with van der Waals surface area (Å²) in [6, 6.07) is 7.68. The maximum absolute atomic E-state index is 5.63. The first kappa shape index (κ1) is 12.6. The summed E-state index contributed by atoms with van der Waals surface area (Å²) < 4.78 is 3.31. The van der Waals surface area contributed by atoms with Crippen molar-refractivity contribution in [1.82, 2.24) is 14.5 Å². The van der Waals surface area contributed by atoms with E-state index in [9.17, 15) is 0 Å². The van der Waals surface area contributed by atoms with Crippen LogP contribution in [0.3, 0.4) is 0 Å². The van der Waals surface area contributed by atoms with Crippen LogP contribution in [0.4, 0.5) is 0 Å². The number of nitrogens with one attached hydrogen (secondary N) is 1. The molecule has 0 aliphatic carbocycles. The van der Waals surface area contributed by atoms with E-state index in [2.05, 4.69) is 39.6 Å². The molecule has 3 nitrogen and oxygen atoms in total. The second-order valence-corrected chi connectivity index (χ2v) is 6.61. The van der Waals surface area contributed by atoms with E-state index in [1.165, 1.54) is 55.4 Å². The second kappa shape index (κ2) is 4.71. The zero-order chi connectivity index (χ0) is 13.7. The van der Waals surface area contributed by atoms with Gasteiger partial charge in [0, 0.05) is 12.6 Å². The Morgan fingerprint density at radius 3 is 2.95 bits per heavy atom. The minimum atomic E-state index is 0.553. The van der Waals surface area contributed by atoms with Crippen LogP contribution >= 0.6 is 12.2 Å². The molecule has 2 unspecified atom stereocenters. The van der Waals surface area contributed by atoms with Crippen LogP contribution in [-0.2, 0) is 0 Å². The standard InChI is InChI=1S/C16H21N3S/c1-11-5-4-6-12-15(11)19(16(20)17-12)14-8-10-18-9-3-2-7-13(14)18/h4-6,13-14H,2-3,7-10H2,1H3,(H,17,20). The van der Waals surface area contributed by atoms with Gasteiger partial charge in [0.2, 0.25) is 0 Å². The quantitative estimate of drug-likeness (QED) is 0.807. The van der Waals surface area contributed by atoms with Crippen LogP contribution in [0, 0.1) is 11.7 Å². The number of aromatic amines is 1. The Kier molecular flexibility index (Phi) is 2.97. The third-order valence-electron chi connectivity index (χ3n) is 5.09. The minimum absolute atomic E-state index is 0.553. The fourth-order valence-corrected chi connectivity index (χ4v) is 4.53. The maximum atomic E-state index is 5.63. The van der Waals surface area contributed by atoms with Crippen molar-refractivity contribution in [2.75, 3.05) is 13.1 Å². The number of fused-ring (bicyclic) bond motifs is 2. The highest BCUT2D eigenvalue weighted by atomic mass is 32.1. The average molecular weight is 287 g/mol. The SMILES string of the molecule is Cc1cccc2[nH]c(=S)n(C3CCN4CCCCC34)c12. The molecule has 1 N–H and O–H groups in total. The topological polar surface area (TPSA) is 24.0 Å². The molecule has 1 aromatic carbocycles. The molecule has 2 aliphatic heterocycles. The summed E-state index contributed by atoms with van der Waals surface area (Å²) in [6.45, 7) is 4.69. The number of aromatic nitrogens is 2. The first-order valence-corrected chi connectivity index (χ1v) is 8.10. The van der Waals surface area contributed by atoms with Gasteiger partial charge < -0.3 is 9.55 Å². The van der Waals surface area contributed by atoms with Gasteiger partial charge in [-0.25, -0.2) is 0 Å². The second-order valence-electron chi connectivity index (χ2n) is 6.23. The minimum Gasteiger partial charge on any atom is -0.331 e. The molecule has 4 rings (SSSR count). The zero-order valence-electron chi connectivity index (χ0n) is 11.9. The van der Waals surface area contributed by atoms with E-state index in [1.807, 2.05) is 0 Å². The van der Waals surface area contributed by atoms with Crippen LogP contribution in [0.1, 0.15) is 37.3 Å². The molecule has 2 aliphatic rings. The Hall–Kier alpha value is -1.13. The molecule has 0 bridgehead atoms. The molecule has 0 radical (unpaired) electrons. The van der Waals surface area contributed by atoms with Gasteiger partial charge in [0.15, 0.2) is 4.77 Å². The summed E-state index contributed by atoms with van der Waals surface area (Å²) in [5, 5.41) is 0. The van der Waals surface area contributed by atoms with Crippen molar-refractivity contribution in [3.8, 4) is 0 Å². The number of para-hydroxylation sites is 1. The number of hydrogen-bond donors (Lipinski definition) is 1. The fraction of sp³-hybridized carbons (Fsp3) is 0.562. The summed E-state index contributed by atoms with van der Waals surface area (Å²) in [5.41, 5.74) is 3.82. The summed E-state index contributed by atoms with van der Waals surface area (Å²) in [7, 11) is 0. The van der Waals surface area contributed by atoms with Crippen LogP contribution in [0.2, 0.25) is 0 Å². The van der Waals surface area contributed by atoms with Crippen molar-refractivity contribution in [3.63, 3.8) is 0 Å². The molecule has 2 atom stereocenters. The number of nitrogens with zero attached hydrogens (tertiary/aromatic N) is 2. The number of H-pyrrole nitrogens is 1. The lowest BCUT2D eigenvalue weighted by molar-refractivity contribution is 0.174. The number of aryl methyl sites for hydroxylation is 1. The average Bonchev–Trinajstić information content (AvgIpc) is 3.00. The van der Waals surface area contributed by atoms with Gasteiger partial charge in [0.1, 0.15) is 0 Å². The summed E-state index contributed by atoms with van der Waals surface area (Å²) in [6.07, 6.45) is 5.29. The van der Waals surface area contributed by atoms with Crippen molar-refractivity contribution < 1.29 is 0 Å². The highest BCUT2D eigenvalue weighted by Gasteiger charge is 2.37. The Morgan fingerprint density at radius 2 is 2.05 bits per heavy atom. The van der Waals surface area contributed by atoms with Gasteiger partial charge in [-0.05, 0) is 56.6 Å². The molecule has 4 heteroatoms. The van der Waals surface area contributed by atoms with E-state index in [1.54, 1.807) is 0 Å². The van der Waals surface area contributed by atoms with Crippen molar-refractivity contribution in [2.45, 2.75) is 44.7 Å². The Bertz CT molecular complexity index is 699. The third-order valence-corrected chi connectivity index (χ3v) is 5.39. The Morgan fingerprint density at radius 1 is 1.15 bits per heavy atom. The highest BCUT2D eigenvalue weighted by Crippen LogP contribution is 2.37. The Balaban J connectivity index is 1.86. The molecule has 0 spiro atoms. The van der Waals surface area contributed by atoms with Crippen molar-refractivity contribution in [3.05, 3.63) is 28.5 Å².